The predicted molar refractivity (Wildman–Crippen MR) is 69.5 cm³/mol. The van der Waals surface area contributed by atoms with Crippen molar-refractivity contribution < 1.29 is 0 Å². The van der Waals surface area contributed by atoms with Crippen LogP contribution in [0.4, 0.5) is 0 Å². The Morgan fingerprint density at radius 2 is 1.62 bits per heavy atom. The highest BCUT2D eigenvalue weighted by Crippen LogP contribution is 2.26. The molecule has 0 amide bonds. The summed E-state index contributed by atoms with van der Waals surface area (Å²) in [4.78, 5) is 2.68. The Balaban J connectivity index is 2.09. The van der Waals surface area contributed by atoms with Gasteiger partial charge in [0.25, 0.3) is 0 Å². The minimum atomic E-state index is 0.638. The van der Waals surface area contributed by atoms with Crippen molar-refractivity contribution in [1.82, 2.24) is 4.90 Å². The molecule has 1 nitrogen and oxygen atoms in total. The summed E-state index contributed by atoms with van der Waals surface area (Å²) in [5.74, 6) is 0. The average Bonchev–Trinajstić information content (AvgIpc) is 2.61. The normalized spacial score (nSPS) is 20.3. The lowest BCUT2D eigenvalue weighted by Gasteiger charge is -2.30. The lowest BCUT2D eigenvalue weighted by molar-refractivity contribution is 0.200. The molecule has 88 valence electrons. The number of benzene rings is 1. The summed E-state index contributed by atoms with van der Waals surface area (Å²) in [5, 5.41) is 0. The van der Waals surface area contributed by atoms with Gasteiger partial charge in [-0.15, -0.1) is 0 Å². The molecule has 0 spiro atoms. The fourth-order valence-electron chi connectivity index (χ4n) is 2.79. The zero-order valence-electron chi connectivity index (χ0n) is 10.4. The van der Waals surface area contributed by atoms with Crippen molar-refractivity contribution >= 4 is 0 Å². The van der Waals surface area contributed by atoms with Crippen molar-refractivity contribution in [3.8, 4) is 0 Å². The van der Waals surface area contributed by atoms with Crippen molar-refractivity contribution in [2.45, 2.75) is 45.1 Å². The molecule has 2 rings (SSSR count). The maximum absolute atomic E-state index is 2.68. The first-order valence-corrected chi connectivity index (χ1v) is 6.71. The summed E-state index contributed by atoms with van der Waals surface area (Å²) in [6, 6.07) is 11.6. The summed E-state index contributed by atoms with van der Waals surface area (Å²) < 4.78 is 0. The Morgan fingerprint density at radius 1 is 1.00 bits per heavy atom. The van der Waals surface area contributed by atoms with Gasteiger partial charge in [0.1, 0.15) is 0 Å². The van der Waals surface area contributed by atoms with Gasteiger partial charge in [-0.1, -0.05) is 50.1 Å². The number of hydrogen-bond acceptors (Lipinski definition) is 1. The molecule has 1 heterocycles. The van der Waals surface area contributed by atoms with E-state index in [1.165, 1.54) is 50.8 Å². The summed E-state index contributed by atoms with van der Waals surface area (Å²) >= 11 is 0. The molecule has 0 unspecified atom stereocenters. The first kappa shape index (κ1) is 11.7. The molecule has 0 bridgehead atoms. The Kier molecular flexibility index (Phi) is 4.41. The first-order valence-electron chi connectivity index (χ1n) is 6.71. The van der Waals surface area contributed by atoms with Gasteiger partial charge >= 0.3 is 0 Å². The maximum Gasteiger partial charge on any atom is 0.0345 e. The van der Waals surface area contributed by atoms with E-state index in [2.05, 4.69) is 42.2 Å². The van der Waals surface area contributed by atoms with Crippen LogP contribution in [0.15, 0.2) is 30.3 Å². The Labute approximate surface area is 99.5 Å². The zero-order chi connectivity index (χ0) is 11.2. The lowest BCUT2D eigenvalue weighted by atomic mass is 10.0. The van der Waals surface area contributed by atoms with Crippen LogP contribution in [0.25, 0.3) is 0 Å². The van der Waals surface area contributed by atoms with Crippen molar-refractivity contribution in [3.63, 3.8) is 0 Å². The molecule has 0 aliphatic carbocycles. The number of rotatable bonds is 3. The van der Waals surface area contributed by atoms with Crippen molar-refractivity contribution in [2.24, 2.45) is 0 Å². The van der Waals surface area contributed by atoms with Gasteiger partial charge in [-0.05, 0) is 37.9 Å². The van der Waals surface area contributed by atoms with Crippen molar-refractivity contribution in [3.05, 3.63) is 35.9 Å². The topological polar surface area (TPSA) is 3.24 Å². The summed E-state index contributed by atoms with van der Waals surface area (Å²) in [7, 11) is 0. The summed E-state index contributed by atoms with van der Waals surface area (Å²) in [6.07, 6.45) is 6.82. The summed E-state index contributed by atoms with van der Waals surface area (Å²) in [5.41, 5.74) is 1.49. The predicted octanol–water partition coefficient (Wildman–Crippen LogP) is 4.01. The Bertz CT molecular complexity index is 286. The van der Waals surface area contributed by atoms with E-state index in [1.807, 2.05) is 0 Å². The maximum atomic E-state index is 2.68. The van der Waals surface area contributed by atoms with Gasteiger partial charge in [0, 0.05) is 6.04 Å². The van der Waals surface area contributed by atoms with Gasteiger partial charge in [0.05, 0.1) is 0 Å². The second kappa shape index (κ2) is 6.05. The number of likely N-dealkylation sites (tertiary alicyclic amines) is 1. The van der Waals surface area contributed by atoms with Gasteiger partial charge in [0.2, 0.25) is 0 Å². The van der Waals surface area contributed by atoms with Crippen LogP contribution in [0.3, 0.4) is 0 Å². The van der Waals surface area contributed by atoms with E-state index in [4.69, 9.17) is 0 Å². The molecule has 1 aromatic carbocycles. The molecule has 16 heavy (non-hydrogen) atoms. The van der Waals surface area contributed by atoms with E-state index in [0.717, 1.165) is 0 Å². The minimum Gasteiger partial charge on any atom is -0.296 e. The largest absolute Gasteiger partial charge is 0.296 e. The van der Waals surface area contributed by atoms with Gasteiger partial charge < -0.3 is 0 Å². The van der Waals surface area contributed by atoms with E-state index in [1.54, 1.807) is 0 Å². The van der Waals surface area contributed by atoms with E-state index in [9.17, 15) is 0 Å². The van der Waals surface area contributed by atoms with Gasteiger partial charge in [-0.3, -0.25) is 4.90 Å². The highest BCUT2D eigenvalue weighted by molar-refractivity contribution is 5.18. The molecule has 1 fully saturated rings. The van der Waals surface area contributed by atoms with Gasteiger partial charge in [-0.2, -0.15) is 0 Å². The monoisotopic (exact) mass is 217 g/mol. The van der Waals surface area contributed by atoms with Crippen LogP contribution in [-0.4, -0.2) is 18.0 Å². The van der Waals surface area contributed by atoms with Crippen molar-refractivity contribution in [2.75, 3.05) is 13.1 Å². The van der Waals surface area contributed by atoms with Gasteiger partial charge in [0.15, 0.2) is 0 Å². The molecular formula is C15H23N. The quantitative estimate of drug-likeness (QED) is 0.739. The number of hydrogen-bond donors (Lipinski definition) is 0. The summed E-state index contributed by atoms with van der Waals surface area (Å²) in [6.45, 7) is 4.88. The minimum absolute atomic E-state index is 0.638. The average molecular weight is 217 g/mol. The van der Waals surface area contributed by atoms with Crippen LogP contribution in [0.1, 0.15) is 50.6 Å². The molecule has 1 aliphatic rings. The highest BCUT2D eigenvalue weighted by atomic mass is 15.1. The second-order valence-electron chi connectivity index (χ2n) is 4.78. The van der Waals surface area contributed by atoms with E-state index in [0.29, 0.717) is 6.04 Å². The molecule has 0 radical (unpaired) electrons. The third kappa shape index (κ3) is 2.85. The lowest BCUT2D eigenvalue weighted by Crippen LogP contribution is -2.29. The van der Waals surface area contributed by atoms with Crippen LogP contribution in [0.5, 0.6) is 0 Å². The second-order valence-corrected chi connectivity index (χ2v) is 4.78. The van der Waals surface area contributed by atoms with Crippen molar-refractivity contribution in [1.29, 1.82) is 0 Å². The number of nitrogens with zero attached hydrogens (tertiary/aromatic N) is 1. The third-order valence-corrected chi connectivity index (χ3v) is 3.65. The molecule has 1 heteroatoms. The molecule has 0 aromatic heterocycles. The Morgan fingerprint density at radius 3 is 2.19 bits per heavy atom. The molecule has 1 atom stereocenters. The SMILES string of the molecule is CC[C@@H](c1ccccc1)N1CCCCCC1. The van der Waals surface area contributed by atoms with Crippen LogP contribution in [-0.2, 0) is 0 Å². The Hall–Kier alpha value is -0.820. The molecular weight excluding hydrogens is 194 g/mol. The first-order chi connectivity index (χ1) is 7.92. The smallest absolute Gasteiger partial charge is 0.0345 e. The fraction of sp³-hybridized carbons (Fsp3) is 0.600. The van der Waals surface area contributed by atoms with E-state index < -0.39 is 0 Å². The highest BCUT2D eigenvalue weighted by Gasteiger charge is 2.19. The van der Waals surface area contributed by atoms with E-state index in [-0.39, 0.29) is 0 Å². The van der Waals surface area contributed by atoms with Gasteiger partial charge in [-0.25, -0.2) is 0 Å². The van der Waals surface area contributed by atoms with Crippen LogP contribution in [0, 0.1) is 0 Å². The molecule has 1 aliphatic heterocycles. The van der Waals surface area contributed by atoms with E-state index >= 15 is 0 Å². The third-order valence-electron chi connectivity index (χ3n) is 3.65. The molecule has 0 saturated carbocycles. The fourth-order valence-corrected chi connectivity index (χ4v) is 2.79. The standard InChI is InChI=1S/C15H23N/c1-2-15(14-10-6-5-7-11-14)16-12-8-3-4-9-13-16/h5-7,10-11,15H,2-4,8-9,12-13H2,1H3/t15-/m0/s1. The van der Waals surface area contributed by atoms with Crippen LogP contribution in [0.2, 0.25) is 0 Å². The molecule has 0 N–H and O–H groups in total. The van der Waals surface area contributed by atoms with Crippen LogP contribution >= 0.6 is 0 Å². The molecule has 1 saturated heterocycles. The van der Waals surface area contributed by atoms with Crippen LogP contribution < -0.4 is 0 Å². The molecule has 1 aromatic rings. The zero-order valence-corrected chi connectivity index (χ0v) is 10.4.